The van der Waals surface area contributed by atoms with E-state index in [-0.39, 0.29) is 12.5 Å². The molecular weight excluding hydrogens is 502 g/mol. The minimum absolute atomic E-state index is 0.111. The standard InChI is InChI=1S/C32H25N5O3/c1-20(21-12-15-24(38-2)16-13-21)36-39-18-27-34-31-30-28(23-9-4-3-5-10-23)29-25-11-7-6-8-22(25)14-17-26(29)40-32(30)33-19-37(31)35-27/h3-17,19,28H,18H2,1-2H3. The van der Waals surface area contributed by atoms with Crippen LogP contribution in [0.1, 0.15) is 40.9 Å². The van der Waals surface area contributed by atoms with Crippen LogP contribution >= 0.6 is 0 Å². The molecule has 8 nitrogen and oxygen atoms in total. The Morgan fingerprint density at radius 2 is 1.73 bits per heavy atom. The number of rotatable bonds is 6. The molecule has 40 heavy (non-hydrogen) atoms. The van der Waals surface area contributed by atoms with Crippen molar-refractivity contribution in [1.29, 1.82) is 0 Å². The molecule has 0 amide bonds. The fourth-order valence-electron chi connectivity index (χ4n) is 5.26. The quantitative estimate of drug-likeness (QED) is 0.181. The molecule has 196 valence electrons. The summed E-state index contributed by atoms with van der Waals surface area (Å²) >= 11 is 0. The maximum absolute atomic E-state index is 6.38. The lowest BCUT2D eigenvalue weighted by molar-refractivity contribution is 0.125. The third-order valence-corrected chi connectivity index (χ3v) is 7.18. The smallest absolute Gasteiger partial charge is 0.228 e. The van der Waals surface area contributed by atoms with Gasteiger partial charge in [0.1, 0.15) is 17.8 Å². The number of methoxy groups -OCH3 is 1. The Labute approximate surface area is 230 Å². The molecule has 1 unspecified atom stereocenters. The zero-order chi connectivity index (χ0) is 27.1. The summed E-state index contributed by atoms with van der Waals surface area (Å²) in [5, 5.41) is 11.2. The minimum atomic E-state index is -0.143. The number of hydrogen-bond acceptors (Lipinski definition) is 7. The van der Waals surface area contributed by atoms with Gasteiger partial charge in [-0.15, -0.1) is 5.10 Å². The fraction of sp³-hybridized carbons (Fsp3) is 0.125. The summed E-state index contributed by atoms with van der Waals surface area (Å²) in [7, 11) is 1.64. The Bertz CT molecular complexity index is 1880. The Hall–Kier alpha value is -5.24. The van der Waals surface area contributed by atoms with Crippen molar-refractivity contribution in [2.24, 2.45) is 5.16 Å². The molecule has 0 saturated carbocycles. The van der Waals surface area contributed by atoms with E-state index < -0.39 is 0 Å². The van der Waals surface area contributed by atoms with E-state index in [0.29, 0.717) is 17.4 Å². The molecule has 7 rings (SSSR count). The van der Waals surface area contributed by atoms with E-state index in [1.165, 1.54) is 0 Å². The van der Waals surface area contributed by atoms with Gasteiger partial charge in [-0.3, -0.25) is 0 Å². The lowest BCUT2D eigenvalue weighted by atomic mass is 9.81. The van der Waals surface area contributed by atoms with Gasteiger partial charge in [0.25, 0.3) is 0 Å². The van der Waals surface area contributed by atoms with Crippen LogP contribution in [0.25, 0.3) is 16.4 Å². The van der Waals surface area contributed by atoms with Gasteiger partial charge in [-0.1, -0.05) is 65.8 Å². The molecule has 6 aromatic rings. The first-order valence-corrected chi connectivity index (χ1v) is 13.0. The van der Waals surface area contributed by atoms with Crippen LogP contribution in [0.15, 0.2) is 102 Å². The average Bonchev–Trinajstić information content (AvgIpc) is 3.43. The van der Waals surface area contributed by atoms with Crippen molar-refractivity contribution in [2.75, 3.05) is 7.11 Å². The van der Waals surface area contributed by atoms with Gasteiger partial charge in [-0.2, -0.15) is 0 Å². The summed E-state index contributed by atoms with van der Waals surface area (Å²) < 4.78 is 13.3. The van der Waals surface area contributed by atoms with E-state index >= 15 is 0 Å². The molecular formula is C32H25N5O3. The van der Waals surface area contributed by atoms with Gasteiger partial charge in [-0.25, -0.2) is 14.5 Å². The molecule has 8 heteroatoms. The van der Waals surface area contributed by atoms with Gasteiger partial charge >= 0.3 is 0 Å². The molecule has 1 aliphatic heterocycles. The summed E-state index contributed by atoms with van der Waals surface area (Å²) in [6, 6.07) is 30.5. The fourth-order valence-corrected chi connectivity index (χ4v) is 5.26. The zero-order valence-electron chi connectivity index (χ0n) is 22.0. The number of fused-ring (bicyclic) bond motifs is 6. The third kappa shape index (κ3) is 4.10. The highest BCUT2D eigenvalue weighted by Gasteiger charge is 2.34. The van der Waals surface area contributed by atoms with Gasteiger partial charge in [0.15, 0.2) is 18.1 Å². The van der Waals surface area contributed by atoms with Gasteiger partial charge in [-0.05, 0) is 59.2 Å². The van der Waals surface area contributed by atoms with Crippen LogP contribution in [0.2, 0.25) is 0 Å². The summed E-state index contributed by atoms with van der Waals surface area (Å²) in [6.45, 7) is 2.00. The van der Waals surface area contributed by atoms with E-state index in [9.17, 15) is 0 Å². The molecule has 0 radical (unpaired) electrons. The molecule has 0 bridgehead atoms. The normalized spacial score (nSPS) is 14.4. The van der Waals surface area contributed by atoms with Crippen molar-refractivity contribution in [2.45, 2.75) is 19.4 Å². The lowest BCUT2D eigenvalue weighted by Crippen LogP contribution is -2.15. The number of oxime groups is 1. The summed E-state index contributed by atoms with van der Waals surface area (Å²) in [5.41, 5.74) is 5.44. The molecule has 0 aliphatic carbocycles. The number of ether oxygens (including phenoxy) is 2. The van der Waals surface area contributed by atoms with E-state index in [2.05, 4.69) is 63.8 Å². The maximum atomic E-state index is 6.38. The molecule has 3 heterocycles. The predicted molar refractivity (Wildman–Crippen MR) is 152 cm³/mol. The largest absolute Gasteiger partial charge is 0.497 e. The number of hydrogen-bond donors (Lipinski definition) is 0. The molecule has 0 fully saturated rings. The Balaban J connectivity index is 1.28. The molecule has 1 atom stereocenters. The first kappa shape index (κ1) is 23.8. The van der Waals surface area contributed by atoms with Crippen LogP contribution in [-0.4, -0.2) is 32.4 Å². The Kier molecular flexibility index (Phi) is 5.85. The maximum Gasteiger partial charge on any atom is 0.228 e. The van der Waals surface area contributed by atoms with E-state index in [0.717, 1.165) is 50.2 Å². The molecule has 0 N–H and O–H groups in total. The minimum Gasteiger partial charge on any atom is -0.497 e. The summed E-state index contributed by atoms with van der Waals surface area (Å²) in [6.07, 6.45) is 1.63. The zero-order valence-corrected chi connectivity index (χ0v) is 22.0. The van der Waals surface area contributed by atoms with Crippen LogP contribution < -0.4 is 9.47 Å². The van der Waals surface area contributed by atoms with Crippen molar-refractivity contribution in [3.05, 3.63) is 125 Å². The van der Waals surface area contributed by atoms with E-state index in [4.69, 9.17) is 19.3 Å². The number of benzene rings is 4. The van der Waals surface area contributed by atoms with Crippen LogP contribution in [0.3, 0.4) is 0 Å². The number of aromatic nitrogens is 4. The van der Waals surface area contributed by atoms with Crippen LogP contribution in [0.4, 0.5) is 0 Å². The van der Waals surface area contributed by atoms with Crippen LogP contribution in [0, 0.1) is 0 Å². The molecule has 0 spiro atoms. The lowest BCUT2D eigenvalue weighted by Gasteiger charge is -2.29. The van der Waals surface area contributed by atoms with Crippen LogP contribution in [-0.2, 0) is 11.4 Å². The second kappa shape index (κ2) is 9.81. The predicted octanol–water partition coefficient (Wildman–Crippen LogP) is 6.51. The van der Waals surface area contributed by atoms with Crippen molar-refractivity contribution in [3.8, 4) is 17.4 Å². The molecule has 4 aromatic carbocycles. The van der Waals surface area contributed by atoms with Gasteiger partial charge in [0, 0.05) is 11.5 Å². The third-order valence-electron chi connectivity index (χ3n) is 7.18. The van der Waals surface area contributed by atoms with E-state index in [1.54, 1.807) is 18.0 Å². The SMILES string of the molecule is COc1ccc(C(C)=NOCc2nc3c4c(ncn3n2)Oc2ccc3ccccc3c2C4c2ccccc2)cc1. The average molecular weight is 528 g/mol. The highest BCUT2D eigenvalue weighted by molar-refractivity contribution is 5.98. The Morgan fingerprint density at radius 1 is 0.925 bits per heavy atom. The van der Waals surface area contributed by atoms with Crippen molar-refractivity contribution in [3.63, 3.8) is 0 Å². The van der Waals surface area contributed by atoms with E-state index in [1.807, 2.05) is 49.4 Å². The van der Waals surface area contributed by atoms with Crippen molar-refractivity contribution < 1.29 is 14.3 Å². The number of nitrogens with zero attached hydrogens (tertiary/aromatic N) is 5. The second-order valence-corrected chi connectivity index (χ2v) is 9.58. The topological polar surface area (TPSA) is 83.1 Å². The molecule has 0 saturated heterocycles. The first-order chi connectivity index (χ1) is 19.7. The van der Waals surface area contributed by atoms with Crippen molar-refractivity contribution >= 4 is 22.1 Å². The first-order valence-electron chi connectivity index (χ1n) is 13.0. The highest BCUT2D eigenvalue weighted by Crippen LogP contribution is 2.50. The van der Waals surface area contributed by atoms with Gasteiger partial charge < -0.3 is 14.3 Å². The van der Waals surface area contributed by atoms with Gasteiger partial charge in [0.05, 0.1) is 18.4 Å². The van der Waals surface area contributed by atoms with Gasteiger partial charge in [0.2, 0.25) is 5.88 Å². The van der Waals surface area contributed by atoms with Crippen molar-refractivity contribution in [1.82, 2.24) is 19.6 Å². The summed E-state index contributed by atoms with van der Waals surface area (Å²) in [4.78, 5) is 15.2. The molecule has 1 aliphatic rings. The molecule has 2 aromatic heterocycles. The second-order valence-electron chi connectivity index (χ2n) is 9.58. The highest BCUT2D eigenvalue weighted by atomic mass is 16.6. The monoisotopic (exact) mass is 527 g/mol. The Morgan fingerprint density at radius 3 is 2.55 bits per heavy atom. The summed E-state index contributed by atoms with van der Waals surface area (Å²) in [5.74, 6) is 2.46. The van der Waals surface area contributed by atoms with Crippen LogP contribution in [0.5, 0.6) is 17.4 Å².